The molecule has 5 heteroatoms. The minimum Gasteiger partial charge on any atom is -0.480 e. The monoisotopic (exact) mass is 352 g/mol. The van der Waals surface area contributed by atoms with Crippen molar-refractivity contribution in [1.82, 2.24) is 5.32 Å². The first kappa shape index (κ1) is 18.0. The average Bonchev–Trinajstić information content (AvgIpc) is 2.69. The fourth-order valence-electron chi connectivity index (χ4n) is 3.27. The molecular weight excluding hydrogens is 328 g/mol. The van der Waals surface area contributed by atoms with Crippen molar-refractivity contribution in [3.63, 3.8) is 0 Å². The van der Waals surface area contributed by atoms with Gasteiger partial charge in [-0.3, -0.25) is 4.79 Å². The van der Waals surface area contributed by atoms with Gasteiger partial charge in [0.2, 0.25) is 0 Å². The second-order valence-corrected chi connectivity index (χ2v) is 6.65. The zero-order chi connectivity index (χ0) is 18.4. The number of benzene rings is 2. The van der Waals surface area contributed by atoms with Crippen LogP contribution in [0.15, 0.2) is 54.6 Å². The van der Waals surface area contributed by atoms with E-state index in [-0.39, 0.29) is 12.3 Å². The van der Waals surface area contributed by atoms with Gasteiger partial charge >= 0.3 is 5.97 Å². The maximum atomic E-state index is 12.4. The van der Waals surface area contributed by atoms with Gasteiger partial charge in [-0.2, -0.15) is 0 Å². The standard InChI is InChI=1S/C21H24N2O3/c24-20(22-19(21(25)26)15-16-7-3-1-4-8-16)17-9-11-18(12-10-17)23-13-5-2-6-14-23/h1,3-4,7-12,19H,2,5-6,13-15H2,(H,22,24)(H,25,26)/t19-/m0/s1. The van der Waals surface area contributed by atoms with Crippen molar-refractivity contribution < 1.29 is 14.7 Å². The molecule has 0 aromatic heterocycles. The van der Waals surface area contributed by atoms with Crippen LogP contribution in [0.25, 0.3) is 0 Å². The second-order valence-electron chi connectivity index (χ2n) is 6.65. The number of piperidine rings is 1. The molecule has 2 aromatic rings. The van der Waals surface area contributed by atoms with Crippen LogP contribution in [0.3, 0.4) is 0 Å². The number of hydrogen-bond acceptors (Lipinski definition) is 3. The van der Waals surface area contributed by atoms with Gasteiger partial charge in [0.15, 0.2) is 0 Å². The van der Waals surface area contributed by atoms with Crippen LogP contribution in [-0.4, -0.2) is 36.1 Å². The zero-order valence-electron chi connectivity index (χ0n) is 14.7. The number of rotatable bonds is 6. The quantitative estimate of drug-likeness (QED) is 0.838. The van der Waals surface area contributed by atoms with Crippen molar-refractivity contribution in [2.45, 2.75) is 31.7 Å². The molecule has 1 atom stereocenters. The molecule has 136 valence electrons. The zero-order valence-corrected chi connectivity index (χ0v) is 14.7. The molecule has 0 radical (unpaired) electrons. The molecule has 0 saturated carbocycles. The van der Waals surface area contributed by atoms with Crippen molar-refractivity contribution in [2.24, 2.45) is 0 Å². The number of aliphatic carboxylic acids is 1. The number of hydrogen-bond donors (Lipinski definition) is 2. The van der Waals surface area contributed by atoms with Gasteiger partial charge in [-0.05, 0) is 49.1 Å². The lowest BCUT2D eigenvalue weighted by Crippen LogP contribution is -2.42. The summed E-state index contributed by atoms with van der Waals surface area (Å²) in [6.07, 6.45) is 3.92. The largest absolute Gasteiger partial charge is 0.480 e. The Labute approximate surface area is 153 Å². The van der Waals surface area contributed by atoms with Crippen LogP contribution in [-0.2, 0) is 11.2 Å². The highest BCUT2D eigenvalue weighted by molar-refractivity contribution is 5.96. The molecule has 1 saturated heterocycles. The normalized spacial score (nSPS) is 15.3. The number of amides is 1. The van der Waals surface area contributed by atoms with E-state index in [1.54, 1.807) is 12.1 Å². The fourth-order valence-corrected chi connectivity index (χ4v) is 3.27. The Kier molecular flexibility index (Phi) is 5.89. The summed E-state index contributed by atoms with van der Waals surface area (Å²) in [5, 5.41) is 12.1. The molecule has 1 aliphatic rings. The van der Waals surface area contributed by atoms with Crippen molar-refractivity contribution in [3.8, 4) is 0 Å². The molecule has 0 aliphatic carbocycles. The number of carbonyl (C=O) groups is 2. The number of carboxylic acids is 1. The molecule has 1 amide bonds. The van der Waals surface area contributed by atoms with Crippen LogP contribution < -0.4 is 10.2 Å². The van der Waals surface area contributed by atoms with Crippen molar-refractivity contribution >= 4 is 17.6 Å². The van der Waals surface area contributed by atoms with Crippen LogP contribution in [0.4, 0.5) is 5.69 Å². The van der Waals surface area contributed by atoms with Crippen molar-refractivity contribution in [2.75, 3.05) is 18.0 Å². The maximum absolute atomic E-state index is 12.4. The first-order valence-corrected chi connectivity index (χ1v) is 9.06. The Hall–Kier alpha value is -2.82. The Balaban J connectivity index is 1.64. The van der Waals surface area contributed by atoms with E-state index in [2.05, 4.69) is 10.2 Å². The number of carboxylic acid groups (broad SMARTS) is 1. The smallest absolute Gasteiger partial charge is 0.326 e. The van der Waals surface area contributed by atoms with Gasteiger partial charge in [0.1, 0.15) is 6.04 Å². The molecule has 1 heterocycles. The molecule has 5 nitrogen and oxygen atoms in total. The van der Waals surface area contributed by atoms with E-state index in [1.165, 1.54) is 19.3 Å². The third-order valence-electron chi connectivity index (χ3n) is 4.74. The molecular formula is C21H24N2O3. The van der Waals surface area contributed by atoms with Gasteiger partial charge in [0.25, 0.3) is 5.91 Å². The lowest BCUT2D eigenvalue weighted by Gasteiger charge is -2.28. The molecule has 2 N–H and O–H groups in total. The van der Waals surface area contributed by atoms with E-state index >= 15 is 0 Å². The summed E-state index contributed by atoms with van der Waals surface area (Å²) >= 11 is 0. The van der Waals surface area contributed by atoms with E-state index in [0.717, 1.165) is 24.3 Å². The fraction of sp³-hybridized carbons (Fsp3) is 0.333. The predicted molar refractivity (Wildman–Crippen MR) is 102 cm³/mol. The number of anilines is 1. The van der Waals surface area contributed by atoms with Crippen LogP contribution in [0, 0.1) is 0 Å². The highest BCUT2D eigenvalue weighted by Crippen LogP contribution is 2.20. The Bertz CT molecular complexity index is 738. The summed E-state index contributed by atoms with van der Waals surface area (Å²) < 4.78 is 0. The lowest BCUT2D eigenvalue weighted by atomic mass is 10.1. The van der Waals surface area contributed by atoms with Crippen LogP contribution in [0.1, 0.15) is 35.2 Å². The second kappa shape index (κ2) is 8.52. The summed E-state index contributed by atoms with van der Waals surface area (Å²) in [6, 6.07) is 15.8. The first-order chi connectivity index (χ1) is 12.6. The highest BCUT2D eigenvalue weighted by Gasteiger charge is 2.21. The van der Waals surface area contributed by atoms with Gasteiger partial charge in [-0.1, -0.05) is 30.3 Å². The van der Waals surface area contributed by atoms with Gasteiger partial charge in [-0.25, -0.2) is 4.79 Å². The molecule has 0 bridgehead atoms. The third kappa shape index (κ3) is 4.63. The van der Waals surface area contributed by atoms with Crippen LogP contribution in [0.2, 0.25) is 0 Å². The van der Waals surface area contributed by atoms with E-state index in [9.17, 15) is 14.7 Å². The predicted octanol–water partition coefficient (Wildman–Crippen LogP) is 3.10. The molecule has 1 aliphatic heterocycles. The topological polar surface area (TPSA) is 69.6 Å². The highest BCUT2D eigenvalue weighted by atomic mass is 16.4. The Morgan fingerprint density at radius 1 is 0.962 bits per heavy atom. The van der Waals surface area contributed by atoms with Crippen LogP contribution in [0.5, 0.6) is 0 Å². The summed E-state index contributed by atoms with van der Waals surface area (Å²) in [4.78, 5) is 26.3. The molecule has 3 rings (SSSR count). The molecule has 0 unspecified atom stereocenters. The Morgan fingerprint density at radius 2 is 1.62 bits per heavy atom. The minimum atomic E-state index is -1.04. The summed E-state index contributed by atoms with van der Waals surface area (Å²) in [5.41, 5.74) is 2.46. The SMILES string of the molecule is O=C(N[C@@H](Cc1ccccc1)C(=O)O)c1ccc(N2CCCCC2)cc1. The van der Waals surface area contributed by atoms with E-state index in [1.807, 2.05) is 42.5 Å². The summed E-state index contributed by atoms with van der Waals surface area (Å²) in [6.45, 7) is 2.09. The molecule has 0 spiro atoms. The van der Waals surface area contributed by atoms with E-state index in [4.69, 9.17) is 0 Å². The minimum absolute atomic E-state index is 0.258. The lowest BCUT2D eigenvalue weighted by molar-refractivity contribution is -0.139. The number of nitrogens with zero attached hydrogens (tertiary/aromatic N) is 1. The van der Waals surface area contributed by atoms with Crippen molar-refractivity contribution in [1.29, 1.82) is 0 Å². The number of carbonyl (C=O) groups excluding carboxylic acids is 1. The molecule has 26 heavy (non-hydrogen) atoms. The van der Waals surface area contributed by atoms with Gasteiger partial charge in [-0.15, -0.1) is 0 Å². The van der Waals surface area contributed by atoms with Gasteiger partial charge in [0.05, 0.1) is 0 Å². The average molecular weight is 352 g/mol. The van der Waals surface area contributed by atoms with E-state index < -0.39 is 12.0 Å². The van der Waals surface area contributed by atoms with Gasteiger partial charge < -0.3 is 15.3 Å². The molecule has 2 aromatic carbocycles. The summed E-state index contributed by atoms with van der Waals surface area (Å²) in [7, 11) is 0. The maximum Gasteiger partial charge on any atom is 0.326 e. The third-order valence-corrected chi connectivity index (χ3v) is 4.74. The van der Waals surface area contributed by atoms with Crippen LogP contribution >= 0.6 is 0 Å². The Morgan fingerprint density at radius 3 is 2.23 bits per heavy atom. The first-order valence-electron chi connectivity index (χ1n) is 9.06. The van der Waals surface area contributed by atoms with E-state index in [0.29, 0.717) is 5.56 Å². The molecule has 1 fully saturated rings. The number of nitrogens with one attached hydrogen (secondary N) is 1. The van der Waals surface area contributed by atoms with Gasteiger partial charge in [0, 0.05) is 30.8 Å². The van der Waals surface area contributed by atoms with Crippen molar-refractivity contribution in [3.05, 3.63) is 65.7 Å². The summed E-state index contributed by atoms with van der Waals surface area (Å²) in [5.74, 6) is -1.40.